The molecule has 0 aliphatic rings. The largest absolute Gasteiger partial charge is 0.491 e. The van der Waals surface area contributed by atoms with E-state index in [0.29, 0.717) is 25.6 Å². The summed E-state index contributed by atoms with van der Waals surface area (Å²) in [5.74, 6) is 0.552. The summed E-state index contributed by atoms with van der Waals surface area (Å²) in [4.78, 5) is 12.0. The van der Waals surface area contributed by atoms with Crippen molar-refractivity contribution >= 4 is 28.9 Å². The van der Waals surface area contributed by atoms with Gasteiger partial charge in [0, 0.05) is 18.4 Å². The molecule has 0 heterocycles. The minimum atomic E-state index is -0.159. The molecule has 0 saturated heterocycles. The first-order valence-electron chi connectivity index (χ1n) is 8.12. The molecule has 5 nitrogen and oxygen atoms in total. The third-order valence-corrected chi connectivity index (χ3v) is 3.46. The van der Waals surface area contributed by atoms with Crippen LogP contribution in [0.25, 0.3) is 0 Å². The summed E-state index contributed by atoms with van der Waals surface area (Å²) in [6, 6.07) is 16.9. The highest BCUT2D eigenvalue weighted by Crippen LogP contribution is 2.17. The fourth-order valence-electron chi connectivity index (χ4n) is 2.14. The lowest BCUT2D eigenvalue weighted by Crippen LogP contribution is -2.35. The van der Waals surface area contributed by atoms with Gasteiger partial charge in [-0.15, -0.1) is 0 Å². The minimum Gasteiger partial charge on any atom is -0.491 e. The molecule has 2 aromatic carbocycles. The number of hydrogen-bond donors (Lipinski definition) is 2. The monoisotopic (exact) mass is 358 g/mol. The first-order chi connectivity index (χ1) is 12.2. The molecule has 0 radical (unpaired) electrons. The Morgan fingerprint density at radius 1 is 1.08 bits per heavy atom. The predicted octanol–water partition coefficient (Wildman–Crippen LogP) is 3.16. The van der Waals surface area contributed by atoms with Crippen LogP contribution >= 0.6 is 12.2 Å². The van der Waals surface area contributed by atoms with Crippen molar-refractivity contribution in [2.24, 2.45) is 0 Å². The van der Waals surface area contributed by atoms with Gasteiger partial charge in [-0.2, -0.15) is 0 Å². The second-order valence-corrected chi connectivity index (χ2v) is 5.65. The molecule has 0 bridgehead atoms. The maximum absolute atomic E-state index is 12.0. The van der Waals surface area contributed by atoms with E-state index in [0.717, 1.165) is 11.3 Å². The molecule has 0 saturated carbocycles. The summed E-state index contributed by atoms with van der Waals surface area (Å²) in [6.07, 6.45) is 0.281. The van der Waals surface area contributed by atoms with Crippen LogP contribution in [-0.2, 0) is 16.0 Å². The molecule has 2 N–H and O–H groups in total. The van der Waals surface area contributed by atoms with E-state index in [1.807, 2.05) is 61.5 Å². The number of amides is 1. The van der Waals surface area contributed by atoms with Gasteiger partial charge in [0.15, 0.2) is 5.11 Å². The van der Waals surface area contributed by atoms with Gasteiger partial charge in [-0.25, -0.2) is 0 Å². The van der Waals surface area contributed by atoms with Crippen molar-refractivity contribution in [2.75, 3.05) is 25.1 Å². The molecule has 0 unspecified atom stereocenters. The molecule has 0 aliphatic carbocycles. The lowest BCUT2D eigenvalue weighted by Gasteiger charge is -2.11. The van der Waals surface area contributed by atoms with Gasteiger partial charge in [0.1, 0.15) is 12.4 Å². The van der Waals surface area contributed by atoms with E-state index in [4.69, 9.17) is 21.7 Å². The summed E-state index contributed by atoms with van der Waals surface area (Å²) < 4.78 is 10.8. The smallest absolute Gasteiger partial charge is 0.230 e. The topological polar surface area (TPSA) is 59.6 Å². The Balaban J connectivity index is 1.80. The SMILES string of the molecule is CCOCCOc1cccc(NC(=S)NC(=O)Cc2ccccc2)c1. The molecule has 0 atom stereocenters. The maximum atomic E-state index is 12.0. The van der Waals surface area contributed by atoms with Crippen LogP contribution in [0.15, 0.2) is 54.6 Å². The Morgan fingerprint density at radius 2 is 1.88 bits per heavy atom. The minimum absolute atomic E-state index is 0.159. The number of carbonyl (C=O) groups is 1. The van der Waals surface area contributed by atoms with Crippen LogP contribution in [0.4, 0.5) is 5.69 Å². The molecule has 6 heteroatoms. The van der Waals surface area contributed by atoms with E-state index >= 15 is 0 Å². The van der Waals surface area contributed by atoms with Crippen LogP contribution in [-0.4, -0.2) is 30.8 Å². The summed E-state index contributed by atoms with van der Waals surface area (Å²) >= 11 is 5.19. The van der Waals surface area contributed by atoms with Crippen LogP contribution in [0.2, 0.25) is 0 Å². The third kappa shape index (κ3) is 7.32. The standard InChI is InChI=1S/C19H22N2O3S/c1-2-23-11-12-24-17-10-6-9-16(14-17)20-19(25)21-18(22)13-15-7-4-3-5-8-15/h3-10,14H,2,11-13H2,1H3,(H2,20,21,22,25). The Hall–Kier alpha value is -2.44. The quantitative estimate of drug-likeness (QED) is 0.561. The molecule has 0 fully saturated rings. The van der Waals surface area contributed by atoms with Crippen molar-refractivity contribution in [3.63, 3.8) is 0 Å². The van der Waals surface area contributed by atoms with Crippen LogP contribution in [0, 0.1) is 0 Å². The number of carbonyl (C=O) groups excluding carboxylic acids is 1. The van der Waals surface area contributed by atoms with Crippen molar-refractivity contribution in [3.05, 3.63) is 60.2 Å². The van der Waals surface area contributed by atoms with E-state index in [9.17, 15) is 4.79 Å². The van der Waals surface area contributed by atoms with Crippen LogP contribution < -0.4 is 15.4 Å². The van der Waals surface area contributed by atoms with Gasteiger partial charge in [-0.05, 0) is 36.8 Å². The van der Waals surface area contributed by atoms with E-state index < -0.39 is 0 Å². The Morgan fingerprint density at radius 3 is 2.64 bits per heavy atom. The molecular formula is C19H22N2O3S. The molecule has 2 rings (SSSR count). The third-order valence-electron chi connectivity index (χ3n) is 3.25. The molecule has 25 heavy (non-hydrogen) atoms. The second-order valence-electron chi connectivity index (χ2n) is 5.24. The summed E-state index contributed by atoms with van der Waals surface area (Å²) in [5, 5.41) is 5.92. The van der Waals surface area contributed by atoms with Gasteiger partial charge in [0.2, 0.25) is 5.91 Å². The van der Waals surface area contributed by atoms with Gasteiger partial charge in [0.05, 0.1) is 13.0 Å². The van der Waals surface area contributed by atoms with E-state index in [2.05, 4.69) is 10.6 Å². The molecule has 0 spiro atoms. The highest BCUT2D eigenvalue weighted by atomic mass is 32.1. The van der Waals surface area contributed by atoms with Crippen molar-refractivity contribution < 1.29 is 14.3 Å². The highest BCUT2D eigenvalue weighted by molar-refractivity contribution is 7.80. The van der Waals surface area contributed by atoms with Gasteiger partial charge < -0.3 is 20.1 Å². The fourth-order valence-corrected chi connectivity index (χ4v) is 2.37. The molecule has 0 aliphatic heterocycles. The zero-order chi connectivity index (χ0) is 17.9. The average molecular weight is 358 g/mol. The van der Waals surface area contributed by atoms with Gasteiger partial charge in [-0.3, -0.25) is 4.79 Å². The molecule has 132 valence electrons. The first-order valence-corrected chi connectivity index (χ1v) is 8.53. The van der Waals surface area contributed by atoms with Gasteiger partial charge in [-0.1, -0.05) is 36.4 Å². The highest BCUT2D eigenvalue weighted by Gasteiger charge is 2.06. The second kappa shape index (κ2) is 10.4. The van der Waals surface area contributed by atoms with Crippen LogP contribution in [0.5, 0.6) is 5.75 Å². The van der Waals surface area contributed by atoms with E-state index in [1.54, 1.807) is 0 Å². The van der Waals surface area contributed by atoms with Crippen molar-refractivity contribution in [3.8, 4) is 5.75 Å². The normalized spacial score (nSPS) is 10.1. The molecule has 0 aromatic heterocycles. The Kier molecular flexibility index (Phi) is 7.88. The number of anilines is 1. The number of ether oxygens (including phenoxy) is 2. The van der Waals surface area contributed by atoms with Crippen LogP contribution in [0.3, 0.4) is 0 Å². The lowest BCUT2D eigenvalue weighted by molar-refractivity contribution is -0.119. The summed E-state index contributed by atoms with van der Waals surface area (Å²) in [5.41, 5.74) is 1.69. The van der Waals surface area contributed by atoms with Crippen LogP contribution in [0.1, 0.15) is 12.5 Å². The number of rotatable bonds is 8. The van der Waals surface area contributed by atoms with E-state index in [-0.39, 0.29) is 17.4 Å². The Labute approximate surface area is 153 Å². The average Bonchev–Trinajstić information content (AvgIpc) is 2.59. The number of benzene rings is 2. The van der Waals surface area contributed by atoms with Gasteiger partial charge in [0.25, 0.3) is 0 Å². The fraction of sp³-hybridized carbons (Fsp3) is 0.263. The lowest BCUT2D eigenvalue weighted by atomic mass is 10.1. The number of hydrogen-bond acceptors (Lipinski definition) is 4. The van der Waals surface area contributed by atoms with Crippen molar-refractivity contribution in [1.82, 2.24) is 5.32 Å². The number of thiocarbonyl (C=S) groups is 1. The Bertz CT molecular complexity index is 692. The summed E-state index contributed by atoms with van der Waals surface area (Å²) in [7, 11) is 0. The zero-order valence-corrected chi connectivity index (χ0v) is 15.0. The number of nitrogens with one attached hydrogen (secondary N) is 2. The maximum Gasteiger partial charge on any atom is 0.230 e. The van der Waals surface area contributed by atoms with Gasteiger partial charge >= 0.3 is 0 Å². The van der Waals surface area contributed by atoms with E-state index in [1.165, 1.54) is 0 Å². The van der Waals surface area contributed by atoms with Crippen molar-refractivity contribution in [1.29, 1.82) is 0 Å². The summed E-state index contributed by atoms with van der Waals surface area (Å²) in [6.45, 7) is 3.64. The first kappa shape index (κ1) is 18.9. The predicted molar refractivity (Wildman–Crippen MR) is 103 cm³/mol. The molecule has 2 aromatic rings. The van der Waals surface area contributed by atoms with Crippen molar-refractivity contribution in [2.45, 2.75) is 13.3 Å². The molecule has 1 amide bonds. The zero-order valence-electron chi connectivity index (χ0n) is 14.2. The molecular weight excluding hydrogens is 336 g/mol.